The summed E-state index contributed by atoms with van der Waals surface area (Å²) in [6.45, 7) is 2.92. The van der Waals surface area contributed by atoms with E-state index in [2.05, 4.69) is 0 Å². The number of hydrogen-bond donors (Lipinski definition) is 1. The van der Waals surface area contributed by atoms with Gasteiger partial charge in [-0.2, -0.15) is 0 Å². The number of carbonyl (C=O) groups excluding carboxylic acids is 3. The SMILES string of the molecule is CC(=O)SC(C(=O)c1ccccc1)C(C)C(=O)N1CSC[C@H]1C(=O)O. The maximum atomic E-state index is 12.8. The molecule has 1 aliphatic rings. The zero-order chi connectivity index (χ0) is 18.6. The Bertz CT molecular complexity index is 679. The molecule has 25 heavy (non-hydrogen) atoms. The summed E-state index contributed by atoms with van der Waals surface area (Å²) in [5, 5.41) is 8.11. The van der Waals surface area contributed by atoms with E-state index in [4.69, 9.17) is 0 Å². The number of carbonyl (C=O) groups is 4. The van der Waals surface area contributed by atoms with Crippen LogP contribution in [0.5, 0.6) is 0 Å². The highest BCUT2D eigenvalue weighted by Crippen LogP contribution is 2.30. The highest BCUT2D eigenvalue weighted by molar-refractivity contribution is 8.14. The average molecular weight is 381 g/mol. The lowest BCUT2D eigenvalue weighted by atomic mass is 9.97. The number of ketones is 1. The molecule has 1 aromatic carbocycles. The molecule has 2 unspecified atom stereocenters. The molecule has 1 N–H and O–H groups in total. The van der Waals surface area contributed by atoms with Crippen LogP contribution in [0.15, 0.2) is 30.3 Å². The highest BCUT2D eigenvalue weighted by atomic mass is 32.2. The zero-order valence-corrected chi connectivity index (χ0v) is 15.5. The van der Waals surface area contributed by atoms with Crippen molar-refractivity contribution in [2.75, 3.05) is 11.6 Å². The molecule has 1 aliphatic heterocycles. The summed E-state index contributed by atoms with van der Waals surface area (Å²) in [6.07, 6.45) is 0. The minimum Gasteiger partial charge on any atom is -0.480 e. The molecular formula is C17H19NO5S2. The summed E-state index contributed by atoms with van der Waals surface area (Å²) < 4.78 is 0. The monoisotopic (exact) mass is 381 g/mol. The van der Waals surface area contributed by atoms with Crippen LogP contribution in [-0.2, 0) is 14.4 Å². The van der Waals surface area contributed by atoms with Gasteiger partial charge in [-0.1, -0.05) is 49.0 Å². The van der Waals surface area contributed by atoms with Crippen molar-refractivity contribution in [2.45, 2.75) is 25.1 Å². The maximum Gasteiger partial charge on any atom is 0.327 e. The second-order valence-corrected chi connectivity index (χ2v) is 8.03. The number of amides is 1. The molecular weight excluding hydrogens is 362 g/mol. The number of hydrogen-bond acceptors (Lipinski definition) is 6. The van der Waals surface area contributed by atoms with Gasteiger partial charge < -0.3 is 10.0 Å². The predicted octanol–water partition coefficient (Wildman–Crippen LogP) is 2.14. The first kappa shape index (κ1) is 19.5. The van der Waals surface area contributed by atoms with Crippen LogP contribution in [0.1, 0.15) is 24.2 Å². The van der Waals surface area contributed by atoms with Gasteiger partial charge in [0.25, 0.3) is 0 Å². The van der Waals surface area contributed by atoms with Crippen LogP contribution in [0, 0.1) is 5.92 Å². The van der Waals surface area contributed by atoms with Gasteiger partial charge in [0, 0.05) is 18.2 Å². The number of nitrogens with zero attached hydrogens (tertiary/aromatic N) is 1. The molecule has 0 saturated carbocycles. The van der Waals surface area contributed by atoms with Crippen molar-refractivity contribution in [1.29, 1.82) is 0 Å². The van der Waals surface area contributed by atoms with Gasteiger partial charge in [0.1, 0.15) is 6.04 Å². The first-order chi connectivity index (χ1) is 11.8. The first-order valence-corrected chi connectivity index (χ1v) is 9.74. The van der Waals surface area contributed by atoms with Crippen LogP contribution >= 0.6 is 23.5 Å². The molecule has 1 heterocycles. The highest BCUT2D eigenvalue weighted by Gasteiger charge is 2.41. The topological polar surface area (TPSA) is 91.8 Å². The third-order valence-electron chi connectivity index (χ3n) is 3.90. The van der Waals surface area contributed by atoms with Crippen LogP contribution in [0.2, 0.25) is 0 Å². The molecule has 0 bridgehead atoms. The molecule has 1 aromatic rings. The maximum absolute atomic E-state index is 12.8. The summed E-state index contributed by atoms with van der Waals surface area (Å²) in [5.74, 6) is -1.99. The van der Waals surface area contributed by atoms with Crippen LogP contribution < -0.4 is 0 Å². The Kier molecular flexibility index (Phi) is 6.66. The Morgan fingerprint density at radius 2 is 1.88 bits per heavy atom. The Morgan fingerprint density at radius 3 is 2.44 bits per heavy atom. The number of thioether (sulfide) groups is 2. The van der Waals surface area contributed by atoms with E-state index in [-0.39, 0.29) is 16.8 Å². The van der Waals surface area contributed by atoms with Crippen LogP contribution in [0.25, 0.3) is 0 Å². The van der Waals surface area contributed by atoms with Crippen molar-refractivity contribution in [1.82, 2.24) is 4.90 Å². The molecule has 0 radical (unpaired) electrons. The van der Waals surface area contributed by atoms with E-state index in [1.807, 2.05) is 0 Å². The normalized spacial score (nSPS) is 19.3. The lowest BCUT2D eigenvalue weighted by Gasteiger charge is -2.27. The largest absolute Gasteiger partial charge is 0.480 e. The summed E-state index contributed by atoms with van der Waals surface area (Å²) >= 11 is 2.18. The van der Waals surface area contributed by atoms with E-state index in [9.17, 15) is 24.3 Å². The lowest BCUT2D eigenvalue weighted by Crippen LogP contribution is -2.47. The second-order valence-electron chi connectivity index (χ2n) is 5.71. The van der Waals surface area contributed by atoms with E-state index < -0.39 is 29.1 Å². The summed E-state index contributed by atoms with van der Waals surface area (Å²) in [7, 11) is 0. The van der Waals surface area contributed by atoms with E-state index >= 15 is 0 Å². The molecule has 1 amide bonds. The smallest absolute Gasteiger partial charge is 0.327 e. The minimum atomic E-state index is -1.06. The number of benzene rings is 1. The third-order valence-corrected chi connectivity index (χ3v) is 6.12. The molecule has 0 aromatic heterocycles. The van der Waals surface area contributed by atoms with Crippen molar-refractivity contribution in [3.63, 3.8) is 0 Å². The molecule has 1 saturated heterocycles. The van der Waals surface area contributed by atoms with Crippen LogP contribution in [-0.4, -0.2) is 55.7 Å². The Morgan fingerprint density at radius 1 is 1.24 bits per heavy atom. The van der Waals surface area contributed by atoms with E-state index in [0.29, 0.717) is 11.3 Å². The van der Waals surface area contributed by atoms with E-state index in [0.717, 1.165) is 11.8 Å². The van der Waals surface area contributed by atoms with Gasteiger partial charge in [-0.25, -0.2) is 4.79 Å². The number of carboxylic acid groups (broad SMARTS) is 1. The van der Waals surface area contributed by atoms with Gasteiger partial charge in [0.2, 0.25) is 5.91 Å². The second kappa shape index (κ2) is 8.53. The van der Waals surface area contributed by atoms with Gasteiger partial charge >= 0.3 is 5.97 Å². The van der Waals surface area contributed by atoms with Crippen LogP contribution in [0.4, 0.5) is 0 Å². The van der Waals surface area contributed by atoms with Crippen molar-refractivity contribution in [2.24, 2.45) is 5.92 Å². The van der Waals surface area contributed by atoms with Crippen molar-refractivity contribution in [3.8, 4) is 0 Å². The molecule has 0 spiro atoms. The first-order valence-electron chi connectivity index (χ1n) is 7.70. The fourth-order valence-corrected chi connectivity index (χ4v) is 4.66. The molecule has 1 fully saturated rings. The predicted molar refractivity (Wildman–Crippen MR) is 97.6 cm³/mol. The quantitative estimate of drug-likeness (QED) is 0.755. The van der Waals surface area contributed by atoms with E-state index in [1.165, 1.54) is 23.6 Å². The number of aliphatic carboxylic acids is 1. The Labute approximate surface area is 154 Å². The molecule has 134 valence electrons. The fraction of sp³-hybridized carbons (Fsp3) is 0.412. The molecule has 3 atom stereocenters. The average Bonchev–Trinajstić information content (AvgIpc) is 3.08. The molecule has 0 aliphatic carbocycles. The third kappa shape index (κ3) is 4.64. The van der Waals surface area contributed by atoms with Gasteiger partial charge in [0.05, 0.1) is 17.0 Å². The Hall–Kier alpha value is -1.80. The van der Waals surface area contributed by atoms with Gasteiger partial charge in [-0.05, 0) is 0 Å². The summed E-state index contributed by atoms with van der Waals surface area (Å²) in [5.41, 5.74) is 0.423. The number of carboxylic acids is 1. The lowest BCUT2D eigenvalue weighted by molar-refractivity contribution is -0.149. The van der Waals surface area contributed by atoms with Gasteiger partial charge in [-0.3, -0.25) is 14.4 Å². The van der Waals surface area contributed by atoms with Crippen molar-refractivity contribution >= 4 is 46.3 Å². The molecule has 6 nitrogen and oxygen atoms in total. The van der Waals surface area contributed by atoms with E-state index in [1.54, 1.807) is 37.3 Å². The van der Waals surface area contributed by atoms with Gasteiger partial charge in [-0.15, -0.1) is 11.8 Å². The summed E-state index contributed by atoms with van der Waals surface area (Å²) in [6, 6.07) is 7.59. The Balaban J connectivity index is 2.24. The van der Waals surface area contributed by atoms with Crippen LogP contribution in [0.3, 0.4) is 0 Å². The molecule has 8 heteroatoms. The zero-order valence-electron chi connectivity index (χ0n) is 13.9. The van der Waals surface area contributed by atoms with Crippen molar-refractivity contribution < 1.29 is 24.3 Å². The fourth-order valence-electron chi connectivity index (χ4n) is 2.58. The minimum absolute atomic E-state index is 0.264. The number of rotatable bonds is 6. The van der Waals surface area contributed by atoms with Crippen molar-refractivity contribution in [3.05, 3.63) is 35.9 Å². The summed E-state index contributed by atoms with van der Waals surface area (Å²) in [4.78, 5) is 49.8. The molecule has 2 rings (SSSR count). The standard InChI is InChI=1S/C17H19NO5S2/c1-10(16(21)18-9-24-8-13(18)17(22)23)15(25-11(2)19)14(20)12-6-4-3-5-7-12/h3-7,10,13,15H,8-9H2,1-2H3,(H,22,23)/t10?,13-,15?/m0/s1. The van der Waals surface area contributed by atoms with Gasteiger partial charge in [0.15, 0.2) is 10.9 Å². The number of Topliss-reactive ketones (excluding diaryl/α,β-unsaturated/α-hetero) is 1.